The van der Waals surface area contributed by atoms with Gasteiger partial charge in [-0.25, -0.2) is 4.79 Å². The molecule has 0 amide bonds. The Morgan fingerprint density at radius 1 is 0.889 bits per heavy atom. The lowest BCUT2D eigenvalue weighted by Gasteiger charge is -2.66. The van der Waals surface area contributed by atoms with E-state index in [0.29, 0.717) is 0 Å². The maximum absolute atomic E-state index is 15.1. The van der Waals surface area contributed by atoms with E-state index in [-0.39, 0.29) is 24.1 Å². The summed E-state index contributed by atoms with van der Waals surface area (Å²) in [7, 11) is 0. The summed E-state index contributed by atoms with van der Waals surface area (Å²) in [6, 6.07) is 2.93. The molecule has 54 heavy (non-hydrogen) atoms. The Kier molecular flexibility index (Phi) is 10.7. The molecule has 1 saturated heterocycles. The van der Waals surface area contributed by atoms with Crippen LogP contribution >= 0.6 is 0 Å². The summed E-state index contributed by atoms with van der Waals surface area (Å²) in [6.45, 7) is 6.87. The summed E-state index contributed by atoms with van der Waals surface area (Å²) in [4.78, 5) is 111. The fourth-order valence-corrected chi connectivity index (χ4v) is 8.61. The predicted molar refractivity (Wildman–Crippen MR) is 175 cm³/mol. The molecule has 1 N–H and O–H groups in total. The average Bonchev–Trinajstić information content (AvgIpc) is 3.29. The lowest BCUT2D eigenvalue weighted by molar-refractivity contribution is -0.376. The molecular weight excluding hydrogens is 718 g/mol. The van der Waals surface area contributed by atoms with Crippen LogP contribution in [0.4, 0.5) is 0 Å². The van der Waals surface area contributed by atoms with Crippen molar-refractivity contribution in [1.29, 1.82) is 0 Å². The van der Waals surface area contributed by atoms with E-state index in [4.69, 9.17) is 37.9 Å². The maximum atomic E-state index is 15.1. The molecule has 18 heteroatoms. The third-order valence-electron chi connectivity index (χ3n) is 10.6. The number of aliphatic hydroxyl groups is 1. The van der Waals surface area contributed by atoms with Gasteiger partial charge >= 0.3 is 41.8 Å². The number of aryl methyl sites for hydroxylation is 1. The van der Waals surface area contributed by atoms with E-state index in [1.54, 1.807) is 0 Å². The largest absolute Gasteiger partial charge is 0.465 e. The highest BCUT2D eigenvalue weighted by atomic mass is 16.7. The number of ketones is 1. The molecule has 0 aromatic carbocycles. The van der Waals surface area contributed by atoms with Crippen LogP contribution in [-0.2, 0) is 77.9 Å². The van der Waals surface area contributed by atoms with Crippen molar-refractivity contribution in [1.82, 2.24) is 4.98 Å². The SMILES string of the molecule is CC(=O)OC[C@]12[C@H](OC(C)=O)C(=O)[C@@H]3[C@@H](OC(C)=O)[C@@]14O[C@@]3(C)COC(=O)c1cccnc1CC[C@@H](C)C(=O)O[C@@H]([C@H](OC(C)=O)[C@@H]2OC(C)=O)[C@]4(C)O. The molecule has 4 aliphatic rings. The monoisotopic (exact) mass is 761 g/mol. The smallest absolute Gasteiger partial charge is 0.340 e. The number of aromatic nitrogens is 1. The number of carbonyl (C=O) groups is 8. The molecule has 3 fully saturated rings. The highest BCUT2D eigenvalue weighted by Crippen LogP contribution is 2.68. The standard InChI is InChI=1S/C36H43NO17/c1-16-11-12-23-22(10-9-13-37-23)32(45)48-14-33(7)24-25(43)28(51-20(5)41)35(15-47-17(2)38)30(52-21(6)42)26(49-18(3)39)29(53-31(16)44)34(8,46)36(35,54-33)27(24)50-19(4)40/h9-10,13,16,24,26-30,46H,11-12,14-15H2,1-8H3/t16-,24-,26+,27-,28-,29+,30+,33+,34+,35-,36+/m1/s1. The minimum absolute atomic E-state index is 0.0242. The number of fused-ring (bicyclic) bond motifs is 5. The van der Waals surface area contributed by atoms with Crippen molar-refractivity contribution in [2.45, 2.75) is 116 Å². The molecule has 18 nitrogen and oxygen atoms in total. The molecule has 3 heterocycles. The van der Waals surface area contributed by atoms with Crippen molar-refractivity contribution in [3.05, 3.63) is 29.6 Å². The lowest BCUT2D eigenvalue weighted by Crippen LogP contribution is -2.88. The van der Waals surface area contributed by atoms with Gasteiger partial charge in [0.05, 0.1) is 23.1 Å². The summed E-state index contributed by atoms with van der Waals surface area (Å²) in [6.07, 6.45) is -8.78. The first-order valence-corrected chi connectivity index (χ1v) is 17.2. The zero-order chi connectivity index (χ0) is 40.1. The van der Waals surface area contributed by atoms with E-state index in [1.807, 2.05) is 0 Å². The Labute approximate surface area is 309 Å². The van der Waals surface area contributed by atoms with Crippen LogP contribution in [0.1, 0.15) is 77.9 Å². The van der Waals surface area contributed by atoms with Gasteiger partial charge in [0.2, 0.25) is 0 Å². The fraction of sp³-hybridized carbons (Fsp3) is 0.639. The van der Waals surface area contributed by atoms with E-state index < -0.39 is 125 Å². The number of esters is 7. The Hall–Kier alpha value is -4.97. The molecule has 294 valence electrons. The quantitative estimate of drug-likeness (QED) is 0.306. The molecule has 0 radical (unpaired) electrons. The van der Waals surface area contributed by atoms with Crippen LogP contribution < -0.4 is 0 Å². The third-order valence-corrected chi connectivity index (χ3v) is 10.6. The molecule has 0 unspecified atom stereocenters. The summed E-state index contributed by atoms with van der Waals surface area (Å²) < 4.78 is 47.2. The van der Waals surface area contributed by atoms with E-state index >= 15 is 4.79 Å². The number of hydrogen-bond acceptors (Lipinski definition) is 18. The molecule has 11 atom stereocenters. The Morgan fingerprint density at radius 2 is 1.50 bits per heavy atom. The van der Waals surface area contributed by atoms with Gasteiger partial charge in [-0.1, -0.05) is 6.92 Å². The van der Waals surface area contributed by atoms with Gasteiger partial charge in [-0.05, 0) is 38.8 Å². The van der Waals surface area contributed by atoms with Gasteiger partial charge in [0.15, 0.2) is 35.8 Å². The van der Waals surface area contributed by atoms with Crippen molar-refractivity contribution in [2.75, 3.05) is 13.2 Å². The zero-order valence-corrected chi connectivity index (χ0v) is 31.0. The number of Topliss-reactive ketones (excluding diaryl/α,β-unsaturated/α-hetero) is 1. The van der Waals surface area contributed by atoms with Crippen molar-refractivity contribution in [3.63, 3.8) is 0 Å². The summed E-state index contributed by atoms with van der Waals surface area (Å²) in [5.41, 5.74) is -10.0. The molecule has 1 aromatic rings. The van der Waals surface area contributed by atoms with Gasteiger partial charge in [0, 0.05) is 40.8 Å². The first-order valence-electron chi connectivity index (χ1n) is 17.2. The summed E-state index contributed by atoms with van der Waals surface area (Å²) >= 11 is 0. The Bertz CT molecular complexity index is 1770. The molecule has 2 aliphatic carbocycles. The third kappa shape index (κ3) is 6.37. The number of cyclic esters (lactones) is 1. The van der Waals surface area contributed by atoms with Crippen LogP contribution in [0.15, 0.2) is 18.3 Å². The second kappa shape index (κ2) is 14.4. The topological polar surface area (TPSA) is 244 Å². The van der Waals surface area contributed by atoms with Crippen LogP contribution in [0.3, 0.4) is 0 Å². The van der Waals surface area contributed by atoms with Crippen molar-refractivity contribution < 1.29 is 81.4 Å². The lowest BCUT2D eigenvalue weighted by atomic mass is 9.45. The highest BCUT2D eigenvalue weighted by molar-refractivity contribution is 5.94. The second-order valence-electron chi connectivity index (χ2n) is 14.5. The van der Waals surface area contributed by atoms with Gasteiger partial charge in [-0.3, -0.25) is 38.5 Å². The first kappa shape index (κ1) is 40.2. The van der Waals surface area contributed by atoms with Gasteiger partial charge in [0.25, 0.3) is 0 Å². The van der Waals surface area contributed by atoms with Crippen LogP contribution in [-0.4, -0.2) is 118 Å². The van der Waals surface area contributed by atoms with E-state index in [1.165, 1.54) is 32.2 Å². The fourth-order valence-electron chi connectivity index (χ4n) is 8.61. The number of carbonyl (C=O) groups excluding carboxylic acids is 8. The van der Waals surface area contributed by atoms with Crippen LogP contribution in [0.2, 0.25) is 0 Å². The van der Waals surface area contributed by atoms with Crippen LogP contribution in [0.25, 0.3) is 0 Å². The molecule has 1 aromatic heterocycles. The summed E-state index contributed by atoms with van der Waals surface area (Å²) in [5.74, 6) is -10.9. The normalized spacial score (nSPS) is 37.3. The maximum Gasteiger partial charge on any atom is 0.340 e. The van der Waals surface area contributed by atoms with E-state index in [9.17, 15) is 38.7 Å². The van der Waals surface area contributed by atoms with E-state index in [2.05, 4.69) is 4.98 Å². The van der Waals surface area contributed by atoms with E-state index in [0.717, 1.165) is 41.5 Å². The molecular formula is C36H43NO17. The van der Waals surface area contributed by atoms with Crippen LogP contribution in [0, 0.1) is 17.3 Å². The van der Waals surface area contributed by atoms with Crippen LogP contribution in [0.5, 0.6) is 0 Å². The van der Waals surface area contributed by atoms with Crippen molar-refractivity contribution >= 4 is 47.6 Å². The van der Waals surface area contributed by atoms with Gasteiger partial charge in [-0.15, -0.1) is 0 Å². The first-order chi connectivity index (χ1) is 25.1. The number of hydrogen-bond donors (Lipinski definition) is 1. The number of ether oxygens (including phenoxy) is 8. The van der Waals surface area contributed by atoms with Gasteiger partial charge < -0.3 is 43.0 Å². The Morgan fingerprint density at radius 3 is 2.09 bits per heavy atom. The number of rotatable bonds is 6. The number of nitrogens with zero attached hydrogens (tertiary/aromatic N) is 1. The van der Waals surface area contributed by atoms with Gasteiger partial charge in [-0.2, -0.15) is 0 Å². The second-order valence-corrected chi connectivity index (χ2v) is 14.5. The van der Waals surface area contributed by atoms with Gasteiger partial charge in [0.1, 0.15) is 35.9 Å². The predicted octanol–water partition coefficient (Wildman–Crippen LogP) is 0.500. The minimum Gasteiger partial charge on any atom is -0.465 e. The molecule has 1 spiro atoms. The molecule has 2 saturated carbocycles. The number of pyridine rings is 1. The zero-order valence-electron chi connectivity index (χ0n) is 31.0. The summed E-state index contributed by atoms with van der Waals surface area (Å²) in [5, 5.41) is 13.2. The highest BCUT2D eigenvalue weighted by Gasteiger charge is 2.91. The Balaban J connectivity index is 1.94. The van der Waals surface area contributed by atoms with Crippen molar-refractivity contribution in [2.24, 2.45) is 17.3 Å². The molecule has 5 rings (SSSR count). The average molecular weight is 762 g/mol. The van der Waals surface area contributed by atoms with Crippen molar-refractivity contribution in [3.8, 4) is 0 Å². The minimum atomic E-state index is -2.80. The molecule has 4 bridgehead atoms. The molecule has 2 aliphatic heterocycles.